The molecule has 1 N–H and O–H groups in total. The highest BCUT2D eigenvalue weighted by molar-refractivity contribution is 5.66. The molecule has 0 saturated carbocycles. The Morgan fingerprint density at radius 3 is 1.91 bits per heavy atom. The van der Waals surface area contributed by atoms with Gasteiger partial charge in [-0.3, -0.25) is 9.59 Å². The first-order chi connectivity index (χ1) is 16.3. The van der Waals surface area contributed by atoms with Crippen molar-refractivity contribution < 1.29 is 43.1 Å². The number of hydrogen-bond acceptors (Lipinski definition) is 9. The van der Waals surface area contributed by atoms with Crippen LogP contribution in [0.3, 0.4) is 0 Å². The summed E-state index contributed by atoms with van der Waals surface area (Å²) in [5.74, 6) is 0.591. The lowest BCUT2D eigenvalue weighted by Crippen LogP contribution is -2.29. The molecule has 0 fully saturated rings. The molecule has 0 radical (unpaired) electrons. The molecule has 0 saturated heterocycles. The van der Waals surface area contributed by atoms with Crippen molar-refractivity contribution in [2.24, 2.45) is 11.8 Å². The maximum absolute atomic E-state index is 11.6. The number of ether oxygens (including phenoxy) is 6. The van der Waals surface area contributed by atoms with E-state index in [-0.39, 0.29) is 49.1 Å². The number of benzene rings is 2. The first-order valence-electron chi connectivity index (χ1n) is 10.9. The van der Waals surface area contributed by atoms with Gasteiger partial charge in [0, 0.05) is 25.7 Å². The van der Waals surface area contributed by atoms with Crippen molar-refractivity contribution in [2.45, 2.75) is 26.7 Å². The predicted molar refractivity (Wildman–Crippen MR) is 121 cm³/mol. The van der Waals surface area contributed by atoms with Crippen molar-refractivity contribution in [2.75, 3.05) is 34.2 Å². The minimum Gasteiger partial charge on any atom is -0.502 e. The van der Waals surface area contributed by atoms with Crippen LogP contribution in [0.2, 0.25) is 0 Å². The van der Waals surface area contributed by atoms with E-state index in [4.69, 9.17) is 28.4 Å². The molecule has 2 aromatic rings. The Balaban J connectivity index is 1.90. The van der Waals surface area contributed by atoms with Gasteiger partial charge in [0.05, 0.1) is 27.4 Å². The van der Waals surface area contributed by atoms with Gasteiger partial charge in [-0.2, -0.15) is 0 Å². The quantitative estimate of drug-likeness (QED) is 0.491. The molecule has 2 aromatic carbocycles. The average Bonchev–Trinajstić information content (AvgIpc) is 3.28. The number of carbonyl (C=O) groups is 2. The summed E-state index contributed by atoms with van der Waals surface area (Å²) in [5.41, 5.74) is 1.78. The van der Waals surface area contributed by atoms with Gasteiger partial charge in [-0.05, 0) is 48.2 Å². The molecule has 1 aliphatic heterocycles. The molecule has 0 spiro atoms. The summed E-state index contributed by atoms with van der Waals surface area (Å²) >= 11 is 0. The third kappa shape index (κ3) is 6.46. The summed E-state index contributed by atoms with van der Waals surface area (Å²) < 4.78 is 32.2. The zero-order valence-electron chi connectivity index (χ0n) is 19.8. The maximum Gasteiger partial charge on any atom is 0.302 e. The summed E-state index contributed by atoms with van der Waals surface area (Å²) in [4.78, 5) is 23.2. The molecule has 3 rings (SSSR count). The van der Waals surface area contributed by atoms with Gasteiger partial charge in [0.2, 0.25) is 12.5 Å². The summed E-state index contributed by atoms with van der Waals surface area (Å²) in [6.45, 7) is 3.14. The number of rotatable bonds is 11. The van der Waals surface area contributed by atoms with Crippen LogP contribution in [0.15, 0.2) is 30.3 Å². The van der Waals surface area contributed by atoms with E-state index in [9.17, 15) is 14.7 Å². The highest BCUT2D eigenvalue weighted by Gasteiger charge is 2.27. The van der Waals surface area contributed by atoms with E-state index < -0.39 is 11.9 Å². The van der Waals surface area contributed by atoms with Crippen LogP contribution in [0.1, 0.15) is 25.0 Å². The molecular formula is C25H30O9. The van der Waals surface area contributed by atoms with E-state index in [1.54, 1.807) is 12.1 Å². The van der Waals surface area contributed by atoms with E-state index in [0.717, 1.165) is 11.1 Å². The van der Waals surface area contributed by atoms with Crippen LogP contribution in [0.25, 0.3) is 0 Å². The number of aromatic hydroxyl groups is 1. The van der Waals surface area contributed by atoms with Crippen molar-refractivity contribution in [3.63, 3.8) is 0 Å². The van der Waals surface area contributed by atoms with E-state index in [0.29, 0.717) is 24.3 Å². The van der Waals surface area contributed by atoms with E-state index in [1.165, 1.54) is 28.1 Å². The lowest BCUT2D eigenvalue weighted by molar-refractivity contribution is -0.147. The Kier molecular flexibility index (Phi) is 8.45. The van der Waals surface area contributed by atoms with E-state index in [1.807, 2.05) is 18.2 Å². The monoisotopic (exact) mass is 474 g/mol. The standard InChI is InChI=1S/C25H30O9/c1-15(26)31-12-19(7-17-5-6-21-22(9-17)34-14-33-21)20(13-32-16(2)27)8-18-10-23(29-3)25(28)24(11-18)30-4/h5-6,9-11,19-20,28H,7-8,12-14H2,1-4H3. The van der Waals surface area contributed by atoms with Gasteiger partial charge in [0.15, 0.2) is 23.0 Å². The number of fused-ring (bicyclic) bond motifs is 1. The van der Waals surface area contributed by atoms with Crippen molar-refractivity contribution in [3.8, 4) is 28.7 Å². The number of carbonyl (C=O) groups excluding carboxylic acids is 2. The fourth-order valence-electron chi connectivity index (χ4n) is 3.91. The number of esters is 2. The maximum atomic E-state index is 11.6. The Morgan fingerprint density at radius 2 is 1.38 bits per heavy atom. The van der Waals surface area contributed by atoms with E-state index in [2.05, 4.69) is 0 Å². The number of methoxy groups -OCH3 is 2. The van der Waals surface area contributed by atoms with Gasteiger partial charge in [0.25, 0.3) is 0 Å². The highest BCUT2D eigenvalue weighted by Crippen LogP contribution is 2.39. The van der Waals surface area contributed by atoms with Gasteiger partial charge in [-0.1, -0.05) is 6.07 Å². The Labute approximate surface area is 198 Å². The third-order valence-corrected chi connectivity index (χ3v) is 5.64. The summed E-state index contributed by atoms with van der Waals surface area (Å²) in [5, 5.41) is 10.3. The zero-order valence-corrected chi connectivity index (χ0v) is 19.8. The third-order valence-electron chi connectivity index (χ3n) is 5.64. The fourth-order valence-corrected chi connectivity index (χ4v) is 3.91. The number of phenolic OH excluding ortho intramolecular Hbond substituents is 1. The lowest BCUT2D eigenvalue weighted by atomic mass is 9.83. The molecule has 1 heterocycles. The second-order valence-electron chi connectivity index (χ2n) is 8.07. The van der Waals surface area contributed by atoms with Crippen molar-refractivity contribution in [3.05, 3.63) is 41.5 Å². The summed E-state index contributed by atoms with van der Waals surface area (Å²) in [7, 11) is 2.91. The van der Waals surface area contributed by atoms with Crippen LogP contribution in [-0.4, -0.2) is 51.3 Å². The predicted octanol–water partition coefficient (Wildman–Crippen LogP) is 3.28. The number of hydrogen-bond donors (Lipinski definition) is 1. The van der Waals surface area contributed by atoms with Crippen LogP contribution >= 0.6 is 0 Å². The summed E-state index contributed by atoms with van der Waals surface area (Å²) in [6, 6.07) is 9.10. The van der Waals surface area contributed by atoms with Gasteiger partial charge in [0.1, 0.15) is 0 Å². The first kappa shape index (κ1) is 25.0. The second kappa shape index (κ2) is 11.5. The van der Waals surface area contributed by atoms with Crippen LogP contribution in [-0.2, 0) is 31.9 Å². The molecule has 9 heteroatoms. The molecule has 9 nitrogen and oxygen atoms in total. The van der Waals surface area contributed by atoms with Crippen LogP contribution < -0.4 is 18.9 Å². The van der Waals surface area contributed by atoms with Crippen LogP contribution in [0.4, 0.5) is 0 Å². The molecule has 34 heavy (non-hydrogen) atoms. The molecule has 2 atom stereocenters. The smallest absolute Gasteiger partial charge is 0.302 e. The van der Waals surface area contributed by atoms with Gasteiger partial charge >= 0.3 is 11.9 Å². The Hall–Kier alpha value is -3.62. The minimum atomic E-state index is -0.403. The second-order valence-corrected chi connectivity index (χ2v) is 8.07. The molecule has 184 valence electrons. The van der Waals surface area contributed by atoms with Crippen molar-refractivity contribution >= 4 is 11.9 Å². The molecular weight excluding hydrogens is 444 g/mol. The average molecular weight is 475 g/mol. The van der Waals surface area contributed by atoms with Crippen molar-refractivity contribution in [1.29, 1.82) is 0 Å². The topological polar surface area (TPSA) is 110 Å². The molecule has 0 bridgehead atoms. The molecule has 0 amide bonds. The van der Waals surface area contributed by atoms with Gasteiger partial charge < -0.3 is 33.5 Å². The molecule has 1 aliphatic rings. The molecule has 2 unspecified atom stereocenters. The first-order valence-corrected chi connectivity index (χ1v) is 10.9. The Bertz CT molecular complexity index is 992. The van der Waals surface area contributed by atoms with E-state index >= 15 is 0 Å². The SMILES string of the molecule is COc1cc(CC(COC(C)=O)C(COC(C)=O)Cc2ccc3c(c2)OCO3)cc(OC)c1O. The van der Waals surface area contributed by atoms with Gasteiger partial charge in [-0.15, -0.1) is 0 Å². The molecule has 0 aliphatic carbocycles. The highest BCUT2D eigenvalue weighted by atomic mass is 16.7. The fraction of sp³-hybridized carbons (Fsp3) is 0.440. The largest absolute Gasteiger partial charge is 0.502 e. The Morgan fingerprint density at radius 1 is 0.853 bits per heavy atom. The molecule has 0 aromatic heterocycles. The minimum absolute atomic E-state index is 0.0953. The summed E-state index contributed by atoms with van der Waals surface area (Å²) in [6.07, 6.45) is 0.999. The zero-order chi connectivity index (χ0) is 24.7. The van der Waals surface area contributed by atoms with Gasteiger partial charge in [-0.25, -0.2) is 0 Å². The number of phenols is 1. The van der Waals surface area contributed by atoms with Crippen LogP contribution in [0.5, 0.6) is 28.7 Å². The normalized spacial score (nSPS) is 13.6. The van der Waals surface area contributed by atoms with Crippen LogP contribution in [0, 0.1) is 11.8 Å². The van der Waals surface area contributed by atoms with Crippen molar-refractivity contribution in [1.82, 2.24) is 0 Å². The lowest BCUT2D eigenvalue weighted by Gasteiger charge is -2.27.